The lowest BCUT2D eigenvalue weighted by molar-refractivity contribution is -0.225. The minimum absolute atomic E-state index is 0.0295. The summed E-state index contributed by atoms with van der Waals surface area (Å²) >= 11 is 0. The SMILES string of the molecule is CCC(CC)(C(=O)CC(=O)C1(C)CCCC(CCC(CC)(C(=O)CC(=O)C(C(C)C)C(C)C)C(F)(F)F)C1)C(F)(F)F. The molecule has 1 aliphatic rings. The van der Waals surface area contributed by atoms with Gasteiger partial charge in [-0.2, -0.15) is 26.3 Å². The lowest BCUT2D eigenvalue weighted by Gasteiger charge is -2.40. The van der Waals surface area contributed by atoms with E-state index in [2.05, 4.69) is 0 Å². The molecule has 0 heterocycles. The molecular weight excluding hydrogens is 562 g/mol. The fraction of sp³-hybridized carbons (Fsp3) is 0.875. The molecule has 0 radical (unpaired) electrons. The summed E-state index contributed by atoms with van der Waals surface area (Å²) in [5, 5.41) is 0. The summed E-state index contributed by atoms with van der Waals surface area (Å²) in [7, 11) is 0. The third-order valence-electron chi connectivity index (χ3n) is 10.2. The molecule has 0 aromatic carbocycles. The van der Waals surface area contributed by atoms with E-state index in [0.717, 1.165) is 0 Å². The monoisotopic (exact) mass is 612 g/mol. The number of ketones is 4. The van der Waals surface area contributed by atoms with Gasteiger partial charge in [-0.1, -0.05) is 68.2 Å². The Hall–Kier alpha value is -1.74. The second-order valence-electron chi connectivity index (χ2n) is 13.4. The molecule has 10 heteroatoms. The van der Waals surface area contributed by atoms with Gasteiger partial charge in [0.1, 0.15) is 22.4 Å². The van der Waals surface area contributed by atoms with Crippen molar-refractivity contribution in [2.75, 3.05) is 0 Å². The van der Waals surface area contributed by atoms with E-state index >= 15 is 0 Å². The third kappa shape index (κ3) is 8.04. The van der Waals surface area contributed by atoms with Crippen LogP contribution in [0, 0.1) is 39.9 Å². The molecule has 1 saturated carbocycles. The fourth-order valence-electron chi connectivity index (χ4n) is 7.28. The van der Waals surface area contributed by atoms with Crippen LogP contribution in [0.5, 0.6) is 0 Å². The third-order valence-corrected chi connectivity index (χ3v) is 10.2. The number of alkyl halides is 6. The molecular formula is C32H50F6O4. The van der Waals surface area contributed by atoms with E-state index in [1.165, 1.54) is 20.8 Å². The van der Waals surface area contributed by atoms with E-state index in [1.54, 1.807) is 34.6 Å². The number of halogens is 6. The minimum Gasteiger partial charge on any atom is -0.299 e. The van der Waals surface area contributed by atoms with Crippen LogP contribution in [-0.4, -0.2) is 35.5 Å². The summed E-state index contributed by atoms with van der Waals surface area (Å²) in [4.78, 5) is 52.2. The normalized spacial score (nSPS) is 22.0. The Morgan fingerprint density at radius 1 is 0.762 bits per heavy atom. The number of rotatable bonds is 16. The van der Waals surface area contributed by atoms with Crippen LogP contribution in [-0.2, 0) is 19.2 Å². The molecule has 3 atom stereocenters. The molecule has 0 aromatic heterocycles. The van der Waals surface area contributed by atoms with Crippen LogP contribution in [0.1, 0.15) is 126 Å². The van der Waals surface area contributed by atoms with Gasteiger partial charge in [0.2, 0.25) is 0 Å². The van der Waals surface area contributed by atoms with Crippen molar-refractivity contribution in [3.8, 4) is 0 Å². The van der Waals surface area contributed by atoms with E-state index in [0.29, 0.717) is 19.3 Å². The average molecular weight is 613 g/mol. The quantitative estimate of drug-likeness (QED) is 0.129. The predicted molar refractivity (Wildman–Crippen MR) is 150 cm³/mol. The van der Waals surface area contributed by atoms with Crippen LogP contribution in [0.3, 0.4) is 0 Å². The zero-order chi connectivity index (χ0) is 32.9. The number of carbonyl (C=O) groups is 4. The van der Waals surface area contributed by atoms with E-state index in [9.17, 15) is 45.5 Å². The van der Waals surface area contributed by atoms with Crippen LogP contribution in [0.25, 0.3) is 0 Å². The zero-order valence-corrected chi connectivity index (χ0v) is 26.5. The maximum absolute atomic E-state index is 14.5. The van der Waals surface area contributed by atoms with Crippen molar-refractivity contribution in [1.82, 2.24) is 0 Å². The molecule has 1 aliphatic carbocycles. The van der Waals surface area contributed by atoms with Crippen molar-refractivity contribution in [1.29, 1.82) is 0 Å². The van der Waals surface area contributed by atoms with Gasteiger partial charge in [0.15, 0.2) is 11.6 Å². The summed E-state index contributed by atoms with van der Waals surface area (Å²) in [5.41, 5.74) is -6.46. The molecule has 0 bridgehead atoms. The van der Waals surface area contributed by atoms with Gasteiger partial charge < -0.3 is 0 Å². The Labute approximate surface area is 247 Å². The van der Waals surface area contributed by atoms with Crippen molar-refractivity contribution in [2.45, 2.75) is 138 Å². The van der Waals surface area contributed by atoms with Crippen molar-refractivity contribution < 1.29 is 45.5 Å². The summed E-state index contributed by atoms with van der Waals surface area (Å²) in [5.74, 6) is -4.63. The van der Waals surface area contributed by atoms with Crippen molar-refractivity contribution >= 4 is 23.1 Å². The first-order valence-corrected chi connectivity index (χ1v) is 15.3. The van der Waals surface area contributed by atoms with Crippen molar-refractivity contribution in [3.05, 3.63) is 0 Å². The Morgan fingerprint density at radius 2 is 1.21 bits per heavy atom. The molecule has 244 valence electrons. The number of hydrogen-bond acceptors (Lipinski definition) is 4. The van der Waals surface area contributed by atoms with Gasteiger partial charge in [0.25, 0.3) is 0 Å². The van der Waals surface area contributed by atoms with Crippen LogP contribution >= 0.6 is 0 Å². The molecule has 0 spiro atoms. The Morgan fingerprint density at radius 3 is 1.62 bits per heavy atom. The number of hydrogen-bond donors (Lipinski definition) is 0. The predicted octanol–water partition coefficient (Wildman–Crippen LogP) is 9.28. The fourth-order valence-corrected chi connectivity index (χ4v) is 7.28. The lowest BCUT2D eigenvalue weighted by Crippen LogP contribution is -2.47. The average Bonchev–Trinajstić information content (AvgIpc) is 2.83. The standard InChI is InChI=1S/C32H50F6O4/c1-9-29(10-2,31(33,34)35)26(42)18-24(40)28(8)15-12-13-22(19-28)14-16-30(11-3,32(36,37)38)25(41)17-23(39)27(20(4)5)21(6)7/h20-22,27H,9-19H2,1-8H3. The van der Waals surface area contributed by atoms with Crippen LogP contribution in [0.4, 0.5) is 26.3 Å². The maximum Gasteiger partial charge on any atom is 0.401 e. The van der Waals surface area contributed by atoms with Crippen LogP contribution in [0.2, 0.25) is 0 Å². The van der Waals surface area contributed by atoms with Crippen LogP contribution < -0.4 is 0 Å². The second-order valence-corrected chi connectivity index (χ2v) is 13.4. The van der Waals surface area contributed by atoms with E-state index in [-0.39, 0.29) is 30.6 Å². The molecule has 0 saturated heterocycles. The Bertz CT molecular complexity index is 955. The molecule has 0 aliphatic heterocycles. The first kappa shape index (κ1) is 38.3. The highest BCUT2D eigenvalue weighted by Gasteiger charge is 2.59. The molecule has 4 nitrogen and oxygen atoms in total. The van der Waals surface area contributed by atoms with Gasteiger partial charge in [-0.05, 0) is 62.7 Å². The highest BCUT2D eigenvalue weighted by Crippen LogP contribution is 2.51. The van der Waals surface area contributed by atoms with E-state index < -0.39 is 96.2 Å². The smallest absolute Gasteiger partial charge is 0.299 e. The van der Waals surface area contributed by atoms with Crippen LogP contribution in [0.15, 0.2) is 0 Å². The minimum atomic E-state index is -4.88. The number of Topliss-reactive ketones (excluding diaryl/α,β-unsaturated/α-hetero) is 4. The molecule has 1 fully saturated rings. The Kier molecular flexibility index (Phi) is 13.1. The van der Waals surface area contributed by atoms with E-state index in [1.807, 2.05) is 0 Å². The zero-order valence-electron chi connectivity index (χ0n) is 26.5. The topological polar surface area (TPSA) is 68.3 Å². The van der Waals surface area contributed by atoms with Gasteiger partial charge in [0, 0.05) is 11.3 Å². The Balaban J connectivity index is 3.14. The van der Waals surface area contributed by atoms with Gasteiger partial charge >= 0.3 is 12.4 Å². The van der Waals surface area contributed by atoms with Gasteiger partial charge in [-0.25, -0.2) is 0 Å². The summed E-state index contributed by atoms with van der Waals surface area (Å²) in [6.45, 7) is 12.6. The second kappa shape index (κ2) is 14.4. The van der Waals surface area contributed by atoms with Crippen molar-refractivity contribution in [2.24, 2.45) is 39.9 Å². The van der Waals surface area contributed by atoms with Crippen molar-refractivity contribution in [3.63, 3.8) is 0 Å². The highest BCUT2D eigenvalue weighted by atomic mass is 19.4. The summed E-state index contributed by atoms with van der Waals surface area (Å²) < 4.78 is 85.0. The largest absolute Gasteiger partial charge is 0.401 e. The number of carbonyl (C=O) groups excluding carboxylic acids is 4. The summed E-state index contributed by atoms with van der Waals surface area (Å²) in [6.07, 6.45) is -12.0. The first-order chi connectivity index (χ1) is 19.1. The van der Waals surface area contributed by atoms with Gasteiger partial charge in [-0.15, -0.1) is 0 Å². The molecule has 0 N–H and O–H groups in total. The summed E-state index contributed by atoms with van der Waals surface area (Å²) in [6, 6.07) is 0. The first-order valence-electron chi connectivity index (χ1n) is 15.3. The van der Waals surface area contributed by atoms with Gasteiger partial charge in [-0.3, -0.25) is 19.2 Å². The highest BCUT2D eigenvalue weighted by molar-refractivity contribution is 6.04. The molecule has 1 rings (SSSR count). The molecule has 42 heavy (non-hydrogen) atoms. The van der Waals surface area contributed by atoms with Gasteiger partial charge in [0.05, 0.1) is 12.8 Å². The molecule has 0 aromatic rings. The van der Waals surface area contributed by atoms with E-state index in [4.69, 9.17) is 0 Å². The molecule has 3 unspecified atom stereocenters. The lowest BCUT2D eigenvalue weighted by atomic mass is 9.64. The maximum atomic E-state index is 14.5. The molecule has 0 amide bonds.